The highest BCUT2D eigenvalue weighted by Gasteiger charge is 2.58. The lowest BCUT2D eigenvalue weighted by Crippen LogP contribution is -2.35. The van der Waals surface area contributed by atoms with Crippen LogP contribution < -0.4 is 0 Å². The summed E-state index contributed by atoms with van der Waals surface area (Å²) in [5.41, 5.74) is -0.301. The lowest BCUT2D eigenvalue weighted by atomic mass is 9.70. The van der Waals surface area contributed by atoms with Crippen LogP contribution in [0.5, 0.6) is 0 Å². The summed E-state index contributed by atoms with van der Waals surface area (Å²) in [5, 5.41) is 0. The number of hydrogen-bond acceptors (Lipinski definition) is 2. The van der Waals surface area contributed by atoms with E-state index in [1.54, 1.807) is 0 Å². The SMILES string of the molecule is CC1(C)C(=O)N(Cc2ccccc2)C(=O)C1(C)C. The number of carbonyl (C=O) groups is 2. The minimum atomic E-state index is -0.640. The van der Waals surface area contributed by atoms with Gasteiger partial charge < -0.3 is 0 Å². The van der Waals surface area contributed by atoms with E-state index >= 15 is 0 Å². The van der Waals surface area contributed by atoms with Crippen LogP contribution in [0, 0.1) is 10.8 Å². The zero-order valence-corrected chi connectivity index (χ0v) is 11.4. The van der Waals surface area contributed by atoms with Gasteiger partial charge in [-0.25, -0.2) is 0 Å². The van der Waals surface area contributed by atoms with Gasteiger partial charge in [0.1, 0.15) is 0 Å². The van der Waals surface area contributed by atoms with Gasteiger partial charge in [-0.2, -0.15) is 0 Å². The van der Waals surface area contributed by atoms with E-state index in [1.807, 2.05) is 58.0 Å². The molecule has 1 aliphatic heterocycles. The first-order chi connectivity index (χ1) is 8.28. The lowest BCUT2D eigenvalue weighted by Gasteiger charge is -2.28. The Bertz CT molecular complexity index is 462. The Labute approximate surface area is 108 Å². The monoisotopic (exact) mass is 245 g/mol. The van der Waals surface area contributed by atoms with E-state index < -0.39 is 10.8 Å². The van der Waals surface area contributed by atoms with E-state index in [4.69, 9.17) is 0 Å². The second-order valence-electron chi connectivity index (χ2n) is 5.93. The molecule has 0 bridgehead atoms. The highest BCUT2D eigenvalue weighted by Crippen LogP contribution is 2.47. The Kier molecular flexibility index (Phi) is 2.80. The van der Waals surface area contributed by atoms with Crippen LogP contribution in [0.4, 0.5) is 0 Å². The summed E-state index contributed by atoms with van der Waals surface area (Å²) in [6, 6.07) is 9.61. The molecule has 1 heterocycles. The molecule has 0 unspecified atom stereocenters. The predicted octanol–water partition coefficient (Wildman–Crippen LogP) is 2.61. The van der Waals surface area contributed by atoms with Crippen LogP contribution in [0.15, 0.2) is 30.3 Å². The average Bonchev–Trinajstić information content (AvgIpc) is 2.44. The summed E-state index contributed by atoms with van der Waals surface area (Å²) in [6.07, 6.45) is 0. The minimum absolute atomic E-state index is 0.0821. The normalized spacial score (nSPS) is 21.4. The van der Waals surface area contributed by atoms with E-state index in [0.29, 0.717) is 6.54 Å². The zero-order chi connectivity index (χ0) is 13.6. The van der Waals surface area contributed by atoms with Crippen LogP contribution in [-0.4, -0.2) is 16.7 Å². The third-order valence-electron chi connectivity index (χ3n) is 4.31. The molecular formula is C15H19NO2. The summed E-state index contributed by atoms with van der Waals surface area (Å²) >= 11 is 0. The van der Waals surface area contributed by atoms with E-state index in [0.717, 1.165) is 5.56 Å². The zero-order valence-electron chi connectivity index (χ0n) is 11.4. The standard InChI is InChI=1S/C15H19NO2/c1-14(2)12(17)16(13(18)15(14,3)4)10-11-8-6-5-7-9-11/h5-9H,10H2,1-4H3. The predicted molar refractivity (Wildman–Crippen MR) is 69.6 cm³/mol. The molecule has 0 radical (unpaired) electrons. The van der Waals surface area contributed by atoms with E-state index in [1.165, 1.54) is 4.90 Å². The molecule has 0 aromatic heterocycles. The van der Waals surface area contributed by atoms with Crippen molar-refractivity contribution in [2.45, 2.75) is 34.2 Å². The summed E-state index contributed by atoms with van der Waals surface area (Å²) in [5.74, 6) is -0.164. The lowest BCUT2D eigenvalue weighted by molar-refractivity contribution is -0.142. The van der Waals surface area contributed by atoms with E-state index in [9.17, 15) is 9.59 Å². The number of benzene rings is 1. The van der Waals surface area contributed by atoms with Crippen LogP contribution in [0.1, 0.15) is 33.3 Å². The van der Waals surface area contributed by atoms with Gasteiger partial charge in [0.05, 0.1) is 17.4 Å². The van der Waals surface area contributed by atoms with Crippen molar-refractivity contribution < 1.29 is 9.59 Å². The van der Waals surface area contributed by atoms with Crippen LogP contribution >= 0.6 is 0 Å². The molecule has 18 heavy (non-hydrogen) atoms. The number of rotatable bonds is 2. The van der Waals surface area contributed by atoms with Crippen molar-refractivity contribution in [1.29, 1.82) is 0 Å². The van der Waals surface area contributed by atoms with E-state index in [2.05, 4.69) is 0 Å². The molecule has 1 saturated heterocycles. The maximum Gasteiger partial charge on any atom is 0.236 e. The molecule has 0 atom stereocenters. The van der Waals surface area contributed by atoms with Crippen molar-refractivity contribution >= 4 is 11.8 Å². The van der Waals surface area contributed by atoms with Crippen molar-refractivity contribution in [2.24, 2.45) is 10.8 Å². The van der Waals surface area contributed by atoms with Gasteiger partial charge in [-0.05, 0) is 33.3 Å². The molecule has 2 rings (SSSR count). The summed E-state index contributed by atoms with van der Waals surface area (Å²) in [4.78, 5) is 26.1. The second-order valence-corrected chi connectivity index (χ2v) is 5.93. The number of nitrogens with zero attached hydrogens (tertiary/aromatic N) is 1. The van der Waals surface area contributed by atoms with Crippen LogP contribution in [0.2, 0.25) is 0 Å². The van der Waals surface area contributed by atoms with Crippen molar-refractivity contribution in [3.05, 3.63) is 35.9 Å². The number of imide groups is 1. The molecule has 0 aliphatic carbocycles. The molecule has 1 aliphatic rings. The van der Waals surface area contributed by atoms with Crippen molar-refractivity contribution in [1.82, 2.24) is 4.90 Å². The van der Waals surface area contributed by atoms with Gasteiger partial charge in [0.25, 0.3) is 0 Å². The first-order valence-corrected chi connectivity index (χ1v) is 6.19. The Balaban J connectivity index is 2.31. The fraction of sp³-hybridized carbons (Fsp3) is 0.467. The Hall–Kier alpha value is -1.64. The molecule has 1 aromatic carbocycles. The molecule has 0 saturated carbocycles. The number of hydrogen-bond donors (Lipinski definition) is 0. The number of likely N-dealkylation sites (tertiary alicyclic amines) is 1. The summed E-state index contributed by atoms with van der Waals surface area (Å²) in [6.45, 7) is 7.75. The maximum atomic E-state index is 12.4. The molecule has 1 aromatic rings. The fourth-order valence-electron chi connectivity index (χ4n) is 2.21. The van der Waals surface area contributed by atoms with Gasteiger partial charge in [0.15, 0.2) is 0 Å². The van der Waals surface area contributed by atoms with Crippen molar-refractivity contribution in [2.75, 3.05) is 0 Å². The van der Waals surface area contributed by atoms with Gasteiger partial charge >= 0.3 is 0 Å². The molecular weight excluding hydrogens is 226 g/mol. The maximum absolute atomic E-state index is 12.4. The summed E-state index contributed by atoms with van der Waals surface area (Å²) in [7, 11) is 0. The Morgan fingerprint density at radius 1 is 0.889 bits per heavy atom. The molecule has 2 amide bonds. The van der Waals surface area contributed by atoms with Gasteiger partial charge in [0.2, 0.25) is 11.8 Å². The van der Waals surface area contributed by atoms with Gasteiger partial charge in [-0.1, -0.05) is 30.3 Å². The minimum Gasteiger partial charge on any atom is -0.277 e. The third kappa shape index (κ3) is 1.65. The second kappa shape index (κ2) is 3.94. The van der Waals surface area contributed by atoms with Gasteiger partial charge in [-0.15, -0.1) is 0 Å². The quantitative estimate of drug-likeness (QED) is 0.751. The fourth-order valence-corrected chi connectivity index (χ4v) is 2.21. The number of amides is 2. The number of carbonyl (C=O) groups excluding carboxylic acids is 2. The smallest absolute Gasteiger partial charge is 0.236 e. The van der Waals surface area contributed by atoms with E-state index in [-0.39, 0.29) is 11.8 Å². The van der Waals surface area contributed by atoms with Gasteiger partial charge in [-0.3, -0.25) is 14.5 Å². The molecule has 96 valence electrons. The Morgan fingerprint density at radius 3 is 1.78 bits per heavy atom. The molecule has 3 nitrogen and oxygen atoms in total. The van der Waals surface area contributed by atoms with Crippen molar-refractivity contribution in [3.8, 4) is 0 Å². The molecule has 0 spiro atoms. The third-order valence-corrected chi connectivity index (χ3v) is 4.31. The first-order valence-electron chi connectivity index (χ1n) is 6.19. The molecule has 0 N–H and O–H groups in total. The molecule has 1 fully saturated rings. The topological polar surface area (TPSA) is 37.4 Å². The van der Waals surface area contributed by atoms with Crippen molar-refractivity contribution in [3.63, 3.8) is 0 Å². The highest BCUT2D eigenvalue weighted by molar-refractivity contribution is 6.08. The first kappa shape index (κ1) is 12.8. The van der Waals surface area contributed by atoms with Crippen LogP contribution in [-0.2, 0) is 16.1 Å². The van der Waals surface area contributed by atoms with Crippen LogP contribution in [0.25, 0.3) is 0 Å². The highest BCUT2D eigenvalue weighted by atomic mass is 16.2. The largest absolute Gasteiger partial charge is 0.277 e. The Morgan fingerprint density at radius 2 is 1.33 bits per heavy atom. The van der Waals surface area contributed by atoms with Crippen LogP contribution in [0.3, 0.4) is 0 Å². The molecule has 3 heteroatoms. The summed E-state index contributed by atoms with van der Waals surface area (Å²) < 4.78 is 0. The average molecular weight is 245 g/mol. The van der Waals surface area contributed by atoms with Gasteiger partial charge in [0, 0.05) is 0 Å².